The molecule has 1 heterocycles. The first-order valence-corrected chi connectivity index (χ1v) is 7.26. The van der Waals surface area contributed by atoms with Crippen molar-refractivity contribution in [1.82, 2.24) is 9.19 Å². The third-order valence-corrected chi connectivity index (χ3v) is 4.76. The summed E-state index contributed by atoms with van der Waals surface area (Å²) in [5.74, 6) is 0. The third kappa shape index (κ3) is 2.25. The lowest BCUT2D eigenvalue weighted by Crippen LogP contribution is -2.16. The highest BCUT2D eigenvalue weighted by molar-refractivity contribution is 7.90. The minimum Gasteiger partial charge on any atom is -0.199 e. The lowest BCUT2D eigenvalue weighted by Gasteiger charge is -2.08. The van der Waals surface area contributed by atoms with Gasteiger partial charge in [-0.25, -0.2) is 0 Å². The van der Waals surface area contributed by atoms with E-state index in [1.807, 2.05) is 0 Å². The summed E-state index contributed by atoms with van der Waals surface area (Å²) in [6.45, 7) is 3.39. The molecule has 2 aromatic rings. The molecular weight excluding hydrogens is 295 g/mol. The minimum atomic E-state index is -3.78. The van der Waals surface area contributed by atoms with Crippen LogP contribution in [0.4, 0.5) is 0 Å². The van der Waals surface area contributed by atoms with E-state index in [9.17, 15) is 8.42 Å². The Morgan fingerprint density at radius 2 is 1.83 bits per heavy atom. The maximum atomic E-state index is 12.4. The number of benzene rings is 1. The molecule has 2 rings (SSSR count). The molecule has 0 atom stereocenters. The second kappa shape index (κ2) is 4.57. The molecule has 0 saturated heterocycles. The van der Waals surface area contributed by atoms with Crippen LogP contribution in [0.1, 0.15) is 11.4 Å². The molecule has 0 bridgehead atoms. The van der Waals surface area contributed by atoms with Gasteiger partial charge < -0.3 is 0 Å². The van der Waals surface area contributed by atoms with Crippen LogP contribution >= 0.6 is 23.2 Å². The first-order chi connectivity index (χ1) is 8.32. The Balaban J connectivity index is 2.65. The third-order valence-electron chi connectivity index (χ3n) is 2.37. The van der Waals surface area contributed by atoms with Crippen LogP contribution < -0.4 is 0 Å². The lowest BCUT2D eigenvalue weighted by atomic mass is 10.4. The van der Waals surface area contributed by atoms with Gasteiger partial charge in [-0.3, -0.25) is 0 Å². The van der Waals surface area contributed by atoms with Crippen molar-refractivity contribution in [3.8, 4) is 0 Å². The Morgan fingerprint density at radius 1 is 1.17 bits per heavy atom. The fourth-order valence-corrected chi connectivity index (χ4v) is 3.73. The quantitative estimate of drug-likeness (QED) is 0.857. The second-order valence-electron chi connectivity index (χ2n) is 3.85. The predicted octanol–water partition coefficient (Wildman–Crippen LogP) is 3.04. The van der Waals surface area contributed by atoms with Crippen molar-refractivity contribution in [2.75, 3.05) is 0 Å². The van der Waals surface area contributed by atoms with E-state index in [4.69, 9.17) is 23.2 Å². The van der Waals surface area contributed by atoms with Gasteiger partial charge in [0.1, 0.15) is 4.90 Å². The molecule has 0 radical (unpaired) electrons. The highest BCUT2D eigenvalue weighted by Crippen LogP contribution is 2.27. The Hall–Kier alpha value is -1.04. The van der Waals surface area contributed by atoms with Gasteiger partial charge in [-0.15, -0.1) is 0 Å². The summed E-state index contributed by atoms with van der Waals surface area (Å²) < 4.78 is 25.7. The van der Waals surface area contributed by atoms with Crippen molar-refractivity contribution in [2.45, 2.75) is 18.7 Å². The first kappa shape index (κ1) is 13.4. The van der Waals surface area contributed by atoms with Crippen LogP contribution in [-0.4, -0.2) is 17.6 Å². The number of hydrogen-bond donors (Lipinski definition) is 0. The van der Waals surface area contributed by atoms with Crippen molar-refractivity contribution in [2.24, 2.45) is 0 Å². The van der Waals surface area contributed by atoms with Gasteiger partial charge >= 0.3 is 0 Å². The van der Waals surface area contributed by atoms with Gasteiger partial charge in [0, 0.05) is 5.02 Å². The fourth-order valence-electron chi connectivity index (χ4n) is 1.63. The number of rotatable bonds is 2. The topological polar surface area (TPSA) is 52.0 Å². The summed E-state index contributed by atoms with van der Waals surface area (Å²) in [7, 11) is -3.78. The van der Waals surface area contributed by atoms with E-state index in [1.54, 1.807) is 19.9 Å². The summed E-state index contributed by atoms with van der Waals surface area (Å²) in [5, 5.41) is 4.42. The normalized spacial score (nSPS) is 11.8. The maximum absolute atomic E-state index is 12.4. The average Bonchev–Trinajstić information content (AvgIpc) is 2.57. The summed E-state index contributed by atoms with van der Waals surface area (Å²) in [6, 6.07) is 5.92. The number of halogens is 2. The van der Waals surface area contributed by atoms with Gasteiger partial charge in [0.25, 0.3) is 10.0 Å². The van der Waals surface area contributed by atoms with E-state index in [0.717, 1.165) is 4.09 Å². The first-order valence-electron chi connectivity index (χ1n) is 5.06. The minimum absolute atomic E-state index is 0.0141. The van der Waals surface area contributed by atoms with Crippen LogP contribution in [0, 0.1) is 13.8 Å². The molecule has 96 valence electrons. The summed E-state index contributed by atoms with van der Waals surface area (Å²) in [4.78, 5) is -0.0141. The van der Waals surface area contributed by atoms with Crippen molar-refractivity contribution >= 4 is 33.2 Å². The van der Waals surface area contributed by atoms with Crippen LogP contribution in [0.15, 0.2) is 29.2 Å². The largest absolute Gasteiger partial charge is 0.284 e. The Bertz CT molecular complexity index is 708. The molecule has 0 aliphatic rings. The fraction of sp³-hybridized carbons (Fsp3) is 0.182. The molecule has 0 saturated carbocycles. The van der Waals surface area contributed by atoms with Gasteiger partial charge in [0.05, 0.1) is 16.4 Å². The van der Waals surface area contributed by atoms with Crippen LogP contribution in [0.3, 0.4) is 0 Å². The number of aromatic nitrogens is 2. The lowest BCUT2D eigenvalue weighted by molar-refractivity contribution is 0.578. The molecule has 7 heteroatoms. The molecule has 18 heavy (non-hydrogen) atoms. The highest BCUT2D eigenvalue weighted by atomic mass is 35.5. The molecule has 0 unspecified atom stereocenters. The van der Waals surface area contributed by atoms with E-state index in [1.165, 1.54) is 18.2 Å². The van der Waals surface area contributed by atoms with Crippen molar-refractivity contribution in [3.63, 3.8) is 0 Å². The van der Waals surface area contributed by atoms with E-state index in [0.29, 0.717) is 16.4 Å². The average molecular weight is 305 g/mol. The van der Waals surface area contributed by atoms with Crippen LogP contribution in [0.25, 0.3) is 0 Å². The summed E-state index contributed by atoms with van der Waals surface area (Å²) in [5.41, 5.74) is 1.15. The number of aryl methyl sites for hydroxylation is 2. The Morgan fingerprint density at radius 3 is 2.33 bits per heavy atom. The molecule has 4 nitrogen and oxygen atoms in total. The Kier molecular flexibility index (Phi) is 3.40. The van der Waals surface area contributed by atoms with Crippen LogP contribution in [0.2, 0.25) is 10.0 Å². The van der Waals surface area contributed by atoms with Gasteiger partial charge in [-0.1, -0.05) is 23.2 Å². The molecule has 0 aliphatic heterocycles. The molecule has 0 spiro atoms. The van der Waals surface area contributed by atoms with Crippen molar-refractivity contribution in [1.29, 1.82) is 0 Å². The molecule has 1 aromatic heterocycles. The summed E-state index contributed by atoms with van der Waals surface area (Å²) in [6.07, 6.45) is 0. The standard InChI is InChI=1S/C11H10Cl2N2O2S/c1-7-5-8(2)15(14-7)18(16,17)11-4-3-9(12)6-10(11)13/h3-6H,1-2H3. The zero-order chi connectivity index (χ0) is 13.5. The number of nitrogens with zero attached hydrogens (tertiary/aromatic N) is 2. The number of hydrogen-bond acceptors (Lipinski definition) is 3. The summed E-state index contributed by atoms with van der Waals surface area (Å²) >= 11 is 11.7. The zero-order valence-corrected chi connectivity index (χ0v) is 12.0. The SMILES string of the molecule is Cc1cc(C)n(S(=O)(=O)c2ccc(Cl)cc2Cl)n1. The Labute approximate surface area is 115 Å². The molecule has 0 aliphatic carbocycles. The molecule has 0 N–H and O–H groups in total. The monoisotopic (exact) mass is 304 g/mol. The van der Waals surface area contributed by atoms with Gasteiger partial charge in [-0.2, -0.15) is 17.6 Å². The molecule has 0 fully saturated rings. The van der Waals surface area contributed by atoms with Gasteiger partial charge in [0.15, 0.2) is 0 Å². The van der Waals surface area contributed by atoms with Crippen molar-refractivity contribution in [3.05, 3.63) is 45.7 Å². The highest BCUT2D eigenvalue weighted by Gasteiger charge is 2.23. The zero-order valence-electron chi connectivity index (χ0n) is 9.68. The van der Waals surface area contributed by atoms with E-state index < -0.39 is 10.0 Å². The molecular formula is C11H10Cl2N2O2S. The molecule has 1 aromatic carbocycles. The van der Waals surface area contributed by atoms with Crippen LogP contribution in [-0.2, 0) is 10.0 Å². The van der Waals surface area contributed by atoms with E-state index in [2.05, 4.69) is 5.10 Å². The molecule has 0 amide bonds. The van der Waals surface area contributed by atoms with Gasteiger partial charge in [-0.05, 0) is 38.1 Å². The van der Waals surface area contributed by atoms with Gasteiger partial charge in [0.2, 0.25) is 0 Å². The van der Waals surface area contributed by atoms with E-state index >= 15 is 0 Å². The predicted molar refractivity (Wildman–Crippen MR) is 70.7 cm³/mol. The van der Waals surface area contributed by atoms with E-state index in [-0.39, 0.29) is 9.92 Å². The smallest absolute Gasteiger partial charge is 0.199 e. The van der Waals surface area contributed by atoms with Crippen molar-refractivity contribution < 1.29 is 8.42 Å². The van der Waals surface area contributed by atoms with Crippen LogP contribution in [0.5, 0.6) is 0 Å². The second-order valence-corrected chi connectivity index (χ2v) is 6.43. The maximum Gasteiger partial charge on any atom is 0.284 e.